The van der Waals surface area contributed by atoms with Gasteiger partial charge in [0.1, 0.15) is 11.6 Å². The Hall–Kier alpha value is -2.43. The fourth-order valence-electron chi connectivity index (χ4n) is 2.82. The van der Waals surface area contributed by atoms with Gasteiger partial charge in [-0.1, -0.05) is 0 Å². The topological polar surface area (TPSA) is 70.1 Å². The highest BCUT2D eigenvalue weighted by Gasteiger charge is 2.15. The zero-order chi connectivity index (χ0) is 21.9. The first kappa shape index (κ1) is 26.6. The fraction of sp³-hybridized carbons (Fsp3) is 0.409. The molecule has 0 aliphatic rings. The first-order valence-electron chi connectivity index (χ1n) is 10.1. The summed E-state index contributed by atoms with van der Waals surface area (Å²) >= 11 is 0. The van der Waals surface area contributed by atoms with Crippen LogP contribution in [0.3, 0.4) is 0 Å². The van der Waals surface area contributed by atoms with Gasteiger partial charge in [0.05, 0.1) is 13.1 Å². The number of halogens is 2. The number of aliphatic imine (C=N–C) groups is 1. The van der Waals surface area contributed by atoms with Gasteiger partial charge in [-0.3, -0.25) is 4.79 Å². The summed E-state index contributed by atoms with van der Waals surface area (Å²) < 4.78 is 18.7. The van der Waals surface area contributed by atoms with Crippen LogP contribution in [0.15, 0.2) is 47.6 Å². The minimum Gasteiger partial charge on any atom is -0.439 e. The van der Waals surface area contributed by atoms with Gasteiger partial charge in [0.25, 0.3) is 0 Å². The molecule has 0 atom stereocenters. The summed E-state index contributed by atoms with van der Waals surface area (Å²) in [6, 6.07) is 9.41. The van der Waals surface area contributed by atoms with E-state index in [1.165, 1.54) is 12.1 Å². The molecule has 0 bridgehead atoms. The van der Waals surface area contributed by atoms with Gasteiger partial charge in [0, 0.05) is 38.9 Å². The molecular formula is C22H31FIN5O2. The second-order valence-corrected chi connectivity index (χ2v) is 6.65. The van der Waals surface area contributed by atoms with Gasteiger partial charge in [0.15, 0.2) is 5.96 Å². The number of ether oxygens (including phenoxy) is 1. The molecule has 0 fully saturated rings. The predicted octanol–water partition coefficient (Wildman–Crippen LogP) is 3.90. The highest BCUT2D eigenvalue weighted by molar-refractivity contribution is 14.0. The van der Waals surface area contributed by atoms with Crippen LogP contribution in [0.4, 0.5) is 4.39 Å². The van der Waals surface area contributed by atoms with Crippen molar-refractivity contribution in [2.45, 2.75) is 27.3 Å². The normalized spacial score (nSPS) is 10.8. The maximum absolute atomic E-state index is 13.0. The molecule has 9 heteroatoms. The Balaban J connectivity index is 0.00000480. The number of carbonyl (C=O) groups excluding carboxylic acids is 1. The van der Waals surface area contributed by atoms with Gasteiger partial charge in [-0.2, -0.15) is 0 Å². The number of rotatable bonds is 9. The summed E-state index contributed by atoms with van der Waals surface area (Å²) in [5, 5.41) is 3.22. The van der Waals surface area contributed by atoms with Gasteiger partial charge < -0.3 is 19.9 Å². The van der Waals surface area contributed by atoms with Gasteiger partial charge >= 0.3 is 0 Å². The molecule has 1 amide bonds. The molecule has 1 N–H and O–H groups in total. The molecule has 1 heterocycles. The Morgan fingerprint density at radius 1 is 1.16 bits per heavy atom. The standard InChI is InChI=1S/C22H30FN5O2.HI/c1-5-24-22(27(4)16-21(29)28(6-2)7-3)26-15-17-12-13-25-20(14-17)30-19-10-8-18(23)9-11-19;/h8-14H,5-7,15-16H2,1-4H3,(H,24,26);1H. The smallest absolute Gasteiger partial charge is 0.242 e. The number of nitrogens with zero attached hydrogens (tertiary/aromatic N) is 4. The second-order valence-electron chi connectivity index (χ2n) is 6.65. The molecular weight excluding hydrogens is 512 g/mol. The van der Waals surface area contributed by atoms with Gasteiger partial charge in [-0.05, 0) is 56.7 Å². The minimum atomic E-state index is -0.321. The molecule has 0 unspecified atom stereocenters. The predicted molar refractivity (Wildman–Crippen MR) is 131 cm³/mol. The fourth-order valence-corrected chi connectivity index (χ4v) is 2.82. The zero-order valence-electron chi connectivity index (χ0n) is 18.5. The van der Waals surface area contributed by atoms with Crippen LogP contribution in [-0.2, 0) is 11.3 Å². The van der Waals surface area contributed by atoms with E-state index < -0.39 is 0 Å². The molecule has 1 aromatic heterocycles. The Kier molecular flexibility index (Phi) is 11.8. The Bertz CT molecular complexity index is 844. The number of amides is 1. The third-order valence-electron chi connectivity index (χ3n) is 4.43. The summed E-state index contributed by atoms with van der Waals surface area (Å²) in [5.74, 6) is 1.30. The van der Waals surface area contributed by atoms with Crippen molar-refractivity contribution in [3.63, 3.8) is 0 Å². The number of hydrogen-bond donors (Lipinski definition) is 1. The van der Waals surface area contributed by atoms with Crippen LogP contribution >= 0.6 is 24.0 Å². The average Bonchev–Trinajstić information content (AvgIpc) is 2.74. The second kappa shape index (κ2) is 13.8. The molecule has 0 saturated carbocycles. The van der Waals surface area contributed by atoms with Gasteiger partial charge in [0.2, 0.25) is 11.8 Å². The van der Waals surface area contributed by atoms with E-state index in [2.05, 4.69) is 15.3 Å². The maximum atomic E-state index is 13.0. The quantitative estimate of drug-likeness (QED) is 0.295. The number of benzene rings is 1. The third kappa shape index (κ3) is 8.68. The largest absolute Gasteiger partial charge is 0.439 e. The van der Waals surface area contributed by atoms with Crippen molar-refractivity contribution in [2.24, 2.45) is 4.99 Å². The number of guanidine groups is 1. The molecule has 0 aliphatic carbocycles. The van der Waals surface area contributed by atoms with Crippen molar-refractivity contribution in [3.05, 3.63) is 54.0 Å². The van der Waals surface area contributed by atoms with E-state index in [1.54, 1.807) is 29.3 Å². The molecule has 0 saturated heterocycles. The SMILES string of the molecule is CCNC(=NCc1ccnc(Oc2ccc(F)cc2)c1)N(C)CC(=O)N(CC)CC.I. The lowest BCUT2D eigenvalue weighted by molar-refractivity contribution is -0.131. The van der Waals surface area contributed by atoms with E-state index in [0.717, 1.165) is 5.56 Å². The van der Waals surface area contributed by atoms with Crippen molar-refractivity contribution < 1.29 is 13.9 Å². The lowest BCUT2D eigenvalue weighted by Crippen LogP contribution is -2.45. The number of hydrogen-bond acceptors (Lipinski definition) is 4. The van der Waals surface area contributed by atoms with Crippen LogP contribution in [0.25, 0.3) is 0 Å². The summed E-state index contributed by atoms with van der Waals surface area (Å²) in [6.07, 6.45) is 1.64. The summed E-state index contributed by atoms with van der Waals surface area (Å²) in [6.45, 7) is 8.63. The molecule has 2 aromatic rings. The molecule has 170 valence electrons. The van der Waals surface area contributed by atoms with E-state index in [0.29, 0.717) is 43.8 Å². The molecule has 0 radical (unpaired) electrons. The monoisotopic (exact) mass is 543 g/mol. The maximum Gasteiger partial charge on any atom is 0.242 e. The summed E-state index contributed by atoms with van der Waals surface area (Å²) in [4.78, 5) is 24.8. The Morgan fingerprint density at radius 2 is 1.84 bits per heavy atom. The van der Waals surface area contributed by atoms with Crippen LogP contribution in [0, 0.1) is 5.82 Å². The first-order valence-corrected chi connectivity index (χ1v) is 10.1. The minimum absolute atomic E-state index is 0. The van der Waals surface area contributed by atoms with Crippen molar-refractivity contribution in [1.29, 1.82) is 0 Å². The highest BCUT2D eigenvalue weighted by Crippen LogP contribution is 2.20. The highest BCUT2D eigenvalue weighted by atomic mass is 127. The molecule has 2 rings (SSSR count). The molecule has 0 aliphatic heterocycles. The number of pyridine rings is 1. The van der Waals surface area contributed by atoms with E-state index in [1.807, 2.05) is 38.8 Å². The number of aromatic nitrogens is 1. The van der Waals surface area contributed by atoms with E-state index in [-0.39, 0.29) is 42.2 Å². The lowest BCUT2D eigenvalue weighted by Gasteiger charge is -2.25. The van der Waals surface area contributed by atoms with Crippen LogP contribution in [-0.4, -0.2) is 59.9 Å². The van der Waals surface area contributed by atoms with E-state index >= 15 is 0 Å². The van der Waals surface area contributed by atoms with Crippen molar-refractivity contribution in [2.75, 3.05) is 33.2 Å². The van der Waals surface area contributed by atoms with Crippen molar-refractivity contribution in [3.8, 4) is 11.6 Å². The number of nitrogens with one attached hydrogen (secondary N) is 1. The van der Waals surface area contributed by atoms with Crippen LogP contribution in [0.5, 0.6) is 11.6 Å². The lowest BCUT2D eigenvalue weighted by atomic mass is 10.2. The Labute approximate surface area is 200 Å². The van der Waals surface area contributed by atoms with Gasteiger partial charge in [-0.25, -0.2) is 14.4 Å². The molecule has 7 nitrogen and oxygen atoms in total. The Morgan fingerprint density at radius 3 is 2.45 bits per heavy atom. The van der Waals surface area contributed by atoms with Crippen LogP contribution < -0.4 is 10.1 Å². The van der Waals surface area contributed by atoms with Crippen molar-refractivity contribution >= 4 is 35.8 Å². The summed E-state index contributed by atoms with van der Waals surface area (Å²) in [7, 11) is 1.85. The van der Waals surface area contributed by atoms with E-state index in [9.17, 15) is 9.18 Å². The number of likely N-dealkylation sites (N-methyl/N-ethyl adjacent to an activating group) is 2. The first-order chi connectivity index (χ1) is 14.5. The average molecular weight is 543 g/mol. The number of carbonyl (C=O) groups is 1. The third-order valence-corrected chi connectivity index (χ3v) is 4.43. The molecule has 31 heavy (non-hydrogen) atoms. The van der Waals surface area contributed by atoms with Crippen LogP contribution in [0.1, 0.15) is 26.3 Å². The van der Waals surface area contributed by atoms with Crippen LogP contribution in [0.2, 0.25) is 0 Å². The van der Waals surface area contributed by atoms with Crippen molar-refractivity contribution in [1.82, 2.24) is 20.1 Å². The molecule has 0 spiro atoms. The van der Waals surface area contributed by atoms with E-state index in [4.69, 9.17) is 4.74 Å². The van der Waals surface area contributed by atoms with Gasteiger partial charge in [-0.15, -0.1) is 24.0 Å². The zero-order valence-corrected chi connectivity index (χ0v) is 20.8. The molecule has 1 aromatic carbocycles. The summed E-state index contributed by atoms with van der Waals surface area (Å²) in [5.41, 5.74) is 0.904.